The molecule has 5 rings (SSSR count). The van der Waals surface area contributed by atoms with Crippen LogP contribution in [0.1, 0.15) is 19.3 Å². The maximum absolute atomic E-state index is 4.84. The van der Waals surface area contributed by atoms with Crippen molar-refractivity contribution in [1.29, 1.82) is 0 Å². The monoisotopic (exact) mass is 398 g/mol. The van der Waals surface area contributed by atoms with Crippen LogP contribution in [0.3, 0.4) is 0 Å². The van der Waals surface area contributed by atoms with Gasteiger partial charge >= 0.3 is 0 Å². The van der Waals surface area contributed by atoms with Gasteiger partial charge in [0.25, 0.3) is 0 Å². The van der Waals surface area contributed by atoms with Crippen molar-refractivity contribution in [3.05, 3.63) is 67.0 Å². The van der Waals surface area contributed by atoms with Gasteiger partial charge in [0.1, 0.15) is 5.82 Å². The fourth-order valence-corrected chi connectivity index (χ4v) is 4.08. The van der Waals surface area contributed by atoms with Crippen molar-refractivity contribution in [1.82, 2.24) is 24.5 Å². The summed E-state index contributed by atoms with van der Waals surface area (Å²) in [6.45, 7) is 4.59. The second-order valence-corrected chi connectivity index (χ2v) is 7.75. The fourth-order valence-electron chi connectivity index (χ4n) is 4.08. The molecule has 3 aromatic heterocycles. The number of benzene rings is 1. The van der Waals surface area contributed by atoms with Crippen molar-refractivity contribution in [3.63, 3.8) is 0 Å². The van der Waals surface area contributed by atoms with Gasteiger partial charge in [0.2, 0.25) is 0 Å². The van der Waals surface area contributed by atoms with Crippen LogP contribution in [0.5, 0.6) is 0 Å². The van der Waals surface area contributed by atoms with Crippen LogP contribution in [-0.4, -0.2) is 50.7 Å². The number of hydrogen-bond donors (Lipinski definition) is 1. The predicted molar refractivity (Wildman–Crippen MR) is 120 cm³/mol. The van der Waals surface area contributed by atoms with Crippen molar-refractivity contribution < 1.29 is 0 Å². The van der Waals surface area contributed by atoms with E-state index in [-0.39, 0.29) is 0 Å². The number of hydrogen-bond acceptors (Lipinski definition) is 5. The quantitative estimate of drug-likeness (QED) is 0.469. The van der Waals surface area contributed by atoms with Crippen LogP contribution < -0.4 is 5.32 Å². The molecule has 0 bridgehead atoms. The molecule has 1 fully saturated rings. The van der Waals surface area contributed by atoms with Crippen molar-refractivity contribution >= 4 is 11.5 Å². The zero-order valence-corrected chi connectivity index (χ0v) is 17.0. The van der Waals surface area contributed by atoms with E-state index in [1.165, 1.54) is 25.9 Å². The number of fused-ring (bicyclic) bond motifs is 1. The Morgan fingerprint density at radius 3 is 2.57 bits per heavy atom. The van der Waals surface area contributed by atoms with Crippen LogP contribution >= 0.6 is 0 Å². The summed E-state index contributed by atoms with van der Waals surface area (Å²) in [4.78, 5) is 11.5. The van der Waals surface area contributed by atoms with E-state index in [0.717, 1.165) is 53.5 Å². The number of nitrogens with zero attached hydrogens (tertiary/aromatic N) is 5. The molecule has 1 N–H and O–H groups in total. The second kappa shape index (κ2) is 8.63. The Kier molecular flexibility index (Phi) is 5.40. The Morgan fingerprint density at radius 2 is 1.70 bits per heavy atom. The summed E-state index contributed by atoms with van der Waals surface area (Å²) < 4.78 is 1.91. The molecule has 6 nitrogen and oxygen atoms in total. The third kappa shape index (κ3) is 4.04. The number of anilines is 1. The van der Waals surface area contributed by atoms with Gasteiger partial charge in [0.15, 0.2) is 5.65 Å². The second-order valence-electron chi connectivity index (χ2n) is 7.75. The van der Waals surface area contributed by atoms with E-state index >= 15 is 0 Å². The van der Waals surface area contributed by atoms with E-state index in [2.05, 4.69) is 38.4 Å². The van der Waals surface area contributed by atoms with Gasteiger partial charge < -0.3 is 10.2 Å². The Balaban J connectivity index is 1.33. The summed E-state index contributed by atoms with van der Waals surface area (Å²) in [5.41, 5.74) is 4.92. The average molecular weight is 399 g/mol. The van der Waals surface area contributed by atoms with E-state index in [1.807, 2.05) is 53.3 Å². The number of nitrogens with one attached hydrogen (secondary N) is 1. The number of rotatable bonds is 7. The minimum Gasteiger partial charge on any atom is -0.370 e. The lowest BCUT2D eigenvalue weighted by molar-refractivity contribution is 0.337. The van der Waals surface area contributed by atoms with Crippen LogP contribution in [0.2, 0.25) is 0 Å². The molecule has 1 aliphatic heterocycles. The molecule has 6 heteroatoms. The molecule has 0 aliphatic carbocycles. The summed E-state index contributed by atoms with van der Waals surface area (Å²) >= 11 is 0. The summed E-state index contributed by atoms with van der Waals surface area (Å²) in [7, 11) is 0. The van der Waals surface area contributed by atoms with E-state index in [1.54, 1.807) is 0 Å². The van der Waals surface area contributed by atoms with Gasteiger partial charge in [-0.25, -0.2) is 14.5 Å². The van der Waals surface area contributed by atoms with Crippen molar-refractivity contribution in [3.8, 4) is 22.5 Å². The van der Waals surface area contributed by atoms with Crippen LogP contribution in [0.4, 0.5) is 5.82 Å². The summed E-state index contributed by atoms with van der Waals surface area (Å²) in [6.07, 6.45) is 7.50. The first-order valence-corrected chi connectivity index (χ1v) is 10.7. The largest absolute Gasteiger partial charge is 0.370 e. The van der Waals surface area contributed by atoms with Gasteiger partial charge in [-0.3, -0.25) is 0 Å². The number of pyridine rings is 1. The molecule has 0 unspecified atom stereocenters. The van der Waals surface area contributed by atoms with Crippen LogP contribution in [0.25, 0.3) is 28.2 Å². The van der Waals surface area contributed by atoms with E-state index in [4.69, 9.17) is 5.10 Å². The molecule has 0 radical (unpaired) electrons. The molecule has 152 valence electrons. The number of aromatic nitrogens is 4. The van der Waals surface area contributed by atoms with E-state index in [0.29, 0.717) is 0 Å². The molecule has 0 amide bonds. The first-order chi connectivity index (χ1) is 14.9. The number of likely N-dealkylation sites (tertiary alicyclic amines) is 1. The first kappa shape index (κ1) is 18.8. The van der Waals surface area contributed by atoms with Gasteiger partial charge in [-0.05, 0) is 57.1 Å². The lowest BCUT2D eigenvalue weighted by Gasteiger charge is -2.14. The van der Waals surface area contributed by atoms with Crippen molar-refractivity contribution in [2.45, 2.75) is 19.3 Å². The smallest absolute Gasteiger partial charge is 0.156 e. The highest BCUT2D eigenvalue weighted by Gasteiger charge is 2.12. The van der Waals surface area contributed by atoms with Crippen LogP contribution in [0.15, 0.2) is 67.0 Å². The third-order valence-electron chi connectivity index (χ3n) is 5.64. The zero-order chi connectivity index (χ0) is 20.2. The van der Waals surface area contributed by atoms with E-state index < -0.39 is 0 Å². The molecule has 1 saturated heterocycles. The minimum absolute atomic E-state index is 0.836. The summed E-state index contributed by atoms with van der Waals surface area (Å²) in [5, 5.41) is 8.30. The summed E-state index contributed by atoms with van der Waals surface area (Å²) in [5.74, 6) is 0.891. The van der Waals surface area contributed by atoms with Gasteiger partial charge in [-0.1, -0.05) is 30.3 Å². The molecule has 1 aromatic carbocycles. The summed E-state index contributed by atoms with van der Waals surface area (Å²) in [6, 6.07) is 18.4. The lowest BCUT2D eigenvalue weighted by atomic mass is 10.1. The van der Waals surface area contributed by atoms with Crippen LogP contribution in [-0.2, 0) is 0 Å². The first-order valence-electron chi connectivity index (χ1n) is 10.7. The molecular formula is C24H26N6. The SMILES string of the molecule is c1ccc(-c2ccnc3cc(-c4ccnc(NCCCN5CCCC5)c4)nn23)cc1. The molecule has 0 saturated carbocycles. The van der Waals surface area contributed by atoms with Gasteiger partial charge in [0.05, 0.1) is 11.4 Å². The lowest BCUT2D eigenvalue weighted by Crippen LogP contribution is -2.22. The minimum atomic E-state index is 0.836. The third-order valence-corrected chi connectivity index (χ3v) is 5.64. The van der Waals surface area contributed by atoms with Crippen LogP contribution in [0, 0.1) is 0 Å². The average Bonchev–Trinajstić information content (AvgIpc) is 3.47. The Labute approximate surface area is 176 Å². The maximum atomic E-state index is 4.84. The molecule has 4 heterocycles. The Morgan fingerprint density at radius 1 is 0.867 bits per heavy atom. The Hall–Kier alpha value is -3.25. The van der Waals surface area contributed by atoms with Crippen molar-refractivity contribution in [2.75, 3.05) is 31.5 Å². The normalized spacial score (nSPS) is 14.4. The van der Waals surface area contributed by atoms with E-state index in [9.17, 15) is 0 Å². The highest BCUT2D eigenvalue weighted by molar-refractivity contribution is 5.69. The molecule has 0 atom stereocenters. The molecule has 4 aromatic rings. The van der Waals surface area contributed by atoms with Gasteiger partial charge in [-0.2, -0.15) is 5.10 Å². The predicted octanol–water partition coefficient (Wildman–Crippen LogP) is 4.36. The molecule has 1 aliphatic rings. The maximum Gasteiger partial charge on any atom is 0.156 e. The fraction of sp³-hybridized carbons (Fsp3) is 0.292. The molecule has 0 spiro atoms. The topological polar surface area (TPSA) is 58.4 Å². The highest BCUT2D eigenvalue weighted by Crippen LogP contribution is 2.25. The molecule has 30 heavy (non-hydrogen) atoms. The van der Waals surface area contributed by atoms with Gasteiger partial charge in [-0.15, -0.1) is 0 Å². The molecular weight excluding hydrogens is 372 g/mol. The zero-order valence-electron chi connectivity index (χ0n) is 17.0. The Bertz CT molecular complexity index is 1110. The standard InChI is InChI=1S/C24H26N6/c1-2-7-19(8-3-1)22-10-13-27-24-18-21(28-30(22)24)20-9-12-26-23(17-20)25-11-6-16-29-14-4-5-15-29/h1-3,7-10,12-13,17-18H,4-6,11,14-16H2,(H,25,26). The van der Waals surface area contributed by atoms with Gasteiger partial charge in [0, 0.05) is 36.1 Å². The highest BCUT2D eigenvalue weighted by atomic mass is 15.3. The van der Waals surface area contributed by atoms with Crippen molar-refractivity contribution in [2.24, 2.45) is 0 Å².